The molecule has 1 atom stereocenters. The Morgan fingerprint density at radius 2 is 2.30 bits per heavy atom. The minimum absolute atomic E-state index is 0.0177. The van der Waals surface area contributed by atoms with Crippen LogP contribution in [-0.4, -0.2) is 46.6 Å². The molecule has 7 heteroatoms. The molecule has 2 rings (SSSR count). The Hall–Kier alpha value is -1.99. The SMILES string of the molecule is Cc1cc([N+](=O)[O-])ccc1NC(=O)CN1CCCC1CCCO. The molecule has 2 N–H and O–H groups in total. The molecule has 1 aromatic carbocycles. The topological polar surface area (TPSA) is 95.7 Å². The van der Waals surface area contributed by atoms with Crippen LogP contribution in [0.1, 0.15) is 31.2 Å². The van der Waals surface area contributed by atoms with Crippen molar-refractivity contribution in [2.75, 3.05) is 25.0 Å². The molecule has 1 saturated heterocycles. The number of nitro benzene ring substituents is 1. The summed E-state index contributed by atoms with van der Waals surface area (Å²) in [6, 6.07) is 4.77. The summed E-state index contributed by atoms with van der Waals surface area (Å²) in [6.07, 6.45) is 3.79. The molecule has 1 unspecified atom stereocenters. The Morgan fingerprint density at radius 3 is 2.96 bits per heavy atom. The quantitative estimate of drug-likeness (QED) is 0.592. The number of hydrogen-bond acceptors (Lipinski definition) is 5. The zero-order chi connectivity index (χ0) is 16.8. The molecule has 0 aliphatic carbocycles. The fraction of sp³-hybridized carbons (Fsp3) is 0.562. The Bertz CT molecular complexity index is 576. The highest BCUT2D eigenvalue weighted by Gasteiger charge is 2.25. The lowest BCUT2D eigenvalue weighted by Crippen LogP contribution is -2.37. The van der Waals surface area contributed by atoms with Gasteiger partial charge >= 0.3 is 0 Å². The monoisotopic (exact) mass is 321 g/mol. The van der Waals surface area contributed by atoms with Crippen molar-refractivity contribution >= 4 is 17.3 Å². The maximum Gasteiger partial charge on any atom is 0.269 e. The van der Waals surface area contributed by atoms with Gasteiger partial charge in [-0.15, -0.1) is 0 Å². The van der Waals surface area contributed by atoms with Crippen LogP contribution in [0.15, 0.2) is 18.2 Å². The van der Waals surface area contributed by atoms with E-state index in [9.17, 15) is 14.9 Å². The number of amides is 1. The van der Waals surface area contributed by atoms with E-state index in [1.54, 1.807) is 13.0 Å². The first-order valence-electron chi connectivity index (χ1n) is 7.91. The molecule has 7 nitrogen and oxygen atoms in total. The van der Waals surface area contributed by atoms with Crippen molar-refractivity contribution in [3.05, 3.63) is 33.9 Å². The lowest BCUT2D eigenvalue weighted by Gasteiger charge is -2.23. The van der Waals surface area contributed by atoms with Gasteiger partial charge in [-0.3, -0.25) is 19.8 Å². The van der Waals surface area contributed by atoms with Crippen LogP contribution in [0.2, 0.25) is 0 Å². The fourth-order valence-corrected chi connectivity index (χ4v) is 3.03. The van der Waals surface area contributed by atoms with Crippen LogP contribution in [0.25, 0.3) is 0 Å². The molecule has 1 heterocycles. The van der Waals surface area contributed by atoms with Crippen molar-refractivity contribution in [2.45, 2.75) is 38.6 Å². The minimum Gasteiger partial charge on any atom is -0.396 e. The number of benzene rings is 1. The van der Waals surface area contributed by atoms with Crippen LogP contribution in [0.4, 0.5) is 11.4 Å². The molecule has 1 aliphatic heterocycles. The molecule has 0 bridgehead atoms. The number of carbonyl (C=O) groups is 1. The van der Waals surface area contributed by atoms with E-state index >= 15 is 0 Å². The van der Waals surface area contributed by atoms with E-state index in [0.29, 0.717) is 23.8 Å². The number of carbonyl (C=O) groups excluding carboxylic acids is 1. The molecular weight excluding hydrogens is 298 g/mol. The second-order valence-electron chi connectivity index (χ2n) is 5.94. The van der Waals surface area contributed by atoms with E-state index in [2.05, 4.69) is 10.2 Å². The predicted octanol–water partition coefficient (Wildman–Crippen LogP) is 2.08. The summed E-state index contributed by atoms with van der Waals surface area (Å²) in [4.78, 5) is 24.7. The maximum atomic E-state index is 12.2. The second kappa shape index (κ2) is 8.03. The Morgan fingerprint density at radius 1 is 1.52 bits per heavy atom. The molecule has 0 radical (unpaired) electrons. The number of aryl methyl sites for hydroxylation is 1. The summed E-state index contributed by atoms with van der Waals surface area (Å²) < 4.78 is 0. The van der Waals surface area contributed by atoms with Crippen LogP contribution >= 0.6 is 0 Å². The van der Waals surface area contributed by atoms with Crippen molar-refractivity contribution in [1.82, 2.24) is 4.90 Å². The van der Waals surface area contributed by atoms with E-state index in [0.717, 1.165) is 32.2 Å². The van der Waals surface area contributed by atoms with Gasteiger partial charge in [0, 0.05) is 30.5 Å². The summed E-state index contributed by atoms with van der Waals surface area (Å²) in [5.74, 6) is -0.113. The zero-order valence-corrected chi connectivity index (χ0v) is 13.3. The molecule has 0 saturated carbocycles. The minimum atomic E-state index is -0.450. The first-order chi connectivity index (χ1) is 11.0. The van der Waals surface area contributed by atoms with Crippen molar-refractivity contribution < 1.29 is 14.8 Å². The van der Waals surface area contributed by atoms with Gasteiger partial charge in [0.1, 0.15) is 0 Å². The van der Waals surface area contributed by atoms with Gasteiger partial charge in [0.15, 0.2) is 0 Å². The molecule has 23 heavy (non-hydrogen) atoms. The number of anilines is 1. The number of hydrogen-bond donors (Lipinski definition) is 2. The summed E-state index contributed by atoms with van der Waals surface area (Å²) in [5.41, 5.74) is 1.29. The number of nitrogens with zero attached hydrogens (tertiary/aromatic N) is 2. The highest BCUT2D eigenvalue weighted by Crippen LogP contribution is 2.23. The molecule has 0 spiro atoms. The van der Waals surface area contributed by atoms with Gasteiger partial charge in [-0.1, -0.05) is 0 Å². The highest BCUT2D eigenvalue weighted by atomic mass is 16.6. The van der Waals surface area contributed by atoms with Crippen LogP contribution in [0, 0.1) is 17.0 Å². The first kappa shape index (κ1) is 17.4. The van der Waals surface area contributed by atoms with Gasteiger partial charge in [-0.2, -0.15) is 0 Å². The van der Waals surface area contributed by atoms with E-state index in [4.69, 9.17) is 5.11 Å². The van der Waals surface area contributed by atoms with Crippen molar-refractivity contribution in [3.8, 4) is 0 Å². The second-order valence-corrected chi connectivity index (χ2v) is 5.94. The Labute approximate surface area is 135 Å². The number of nitrogens with one attached hydrogen (secondary N) is 1. The van der Waals surface area contributed by atoms with Gasteiger partial charge in [-0.25, -0.2) is 0 Å². The van der Waals surface area contributed by atoms with Crippen molar-refractivity contribution in [1.29, 1.82) is 0 Å². The summed E-state index contributed by atoms with van der Waals surface area (Å²) in [6.45, 7) is 3.12. The number of nitro groups is 1. The molecule has 0 aromatic heterocycles. The first-order valence-corrected chi connectivity index (χ1v) is 7.91. The summed E-state index contributed by atoms with van der Waals surface area (Å²) in [5, 5.41) is 22.5. The van der Waals surface area contributed by atoms with Gasteiger partial charge in [0.2, 0.25) is 5.91 Å². The van der Waals surface area contributed by atoms with Gasteiger partial charge < -0.3 is 10.4 Å². The van der Waals surface area contributed by atoms with Crippen molar-refractivity contribution in [3.63, 3.8) is 0 Å². The molecular formula is C16H23N3O4. The van der Waals surface area contributed by atoms with Gasteiger partial charge in [0.05, 0.1) is 11.5 Å². The van der Waals surface area contributed by atoms with Crippen LogP contribution in [0.5, 0.6) is 0 Å². The smallest absolute Gasteiger partial charge is 0.269 e. The normalized spacial score (nSPS) is 18.1. The zero-order valence-electron chi connectivity index (χ0n) is 13.3. The lowest BCUT2D eigenvalue weighted by molar-refractivity contribution is -0.384. The summed E-state index contributed by atoms with van der Waals surface area (Å²) in [7, 11) is 0. The average molecular weight is 321 g/mol. The number of likely N-dealkylation sites (tertiary alicyclic amines) is 1. The third kappa shape index (κ3) is 4.74. The maximum absolute atomic E-state index is 12.2. The molecule has 1 aliphatic rings. The average Bonchev–Trinajstić information content (AvgIpc) is 2.94. The molecule has 1 aromatic rings. The molecule has 126 valence electrons. The fourth-order valence-electron chi connectivity index (χ4n) is 3.03. The highest BCUT2D eigenvalue weighted by molar-refractivity contribution is 5.93. The third-order valence-electron chi connectivity index (χ3n) is 4.24. The standard InChI is InChI=1S/C16H23N3O4/c1-12-10-14(19(22)23)6-7-15(12)17-16(21)11-18-8-2-4-13(18)5-3-9-20/h6-7,10,13,20H,2-5,8-9,11H2,1H3,(H,17,21). The van der Waals surface area contributed by atoms with Gasteiger partial charge in [-0.05, 0) is 50.8 Å². The predicted molar refractivity (Wildman–Crippen MR) is 87.4 cm³/mol. The van der Waals surface area contributed by atoms with E-state index in [1.165, 1.54) is 12.1 Å². The largest absolute Gasteiger partial charge is 0.396 e. The van der Waals surface area contributed by atoms with Crippen LogP contribution < -0.4 is 5.32 Å². The number of non-ortho nitro benzene ring substituents is 1. The Balaban J connectivity index is 1.93. The molecule has 1 fully saturated rings. The number of rotatable bonds is 7. The van der Waals surface area contributed by atoms with Crippen LogP contribution in [0.3, 0.4) is 0 Å². The Kier molecular flexibility index (Phi) is 6.06. The molecule has 1 amide bonds. The number of aliphatic hydroxyl groups is 1. The van der Waals surface area contributed by atoms with E-state index in [-0.39, 0.29) is 18.2 Å². The van der Waals surface area contributed by atoms with E-state index < -0.39 is 4.92 Å². The van der Waals surface area contributed by atoms with Crippen molar-refractivity contribution in [2.24, 2.45) is 0 Å². The number of aliphatic hydroxyl groups excluding tert-OH is 1. The lowest BCUT2D eigenvalue weighted by atomic mass is 10.1. The van der Waals surface area contributed by atoms with Gasteiger partial charge in [0.25, 0.3) is 5.69 Å². The third-order valence-corrected chi connectivity index (χ3v) is 4.24. The van der Waals surface area contributed by atoms with E-state index in [1.807, 2.05) is 0 Å². The summed E-state index contributed by atoms with van der Waals surface area (Å²) >= 11 is 0. The van der Waals surface area contributed by atoms with Crippen LogP contribution in [-0.2, 0) is 4.79 Å².